The Morgan fingerprint density at radius 2 is 2.00 bits per heavy atom. The van der Waals surface area contributed by atoms with Gasteiger partial charge in [-0.3, -0.25) is 9.59 Å². The molecular weight excluding hydrogens is 384 g/mol. The van der Waals surface area contributed by atoms with Crippen LogP contribution in [-0.2, 0) is 9.59 Å². The van der Waals surface area contributed by atoms with E-state index < -0.39 is 0 Å². The van der Waals surface area contributed by atoms with Crippen molar-refractivity contribution in [1.29, 1.82) is 0 Å². The third-order valence-electron chi connectivity index (χ3n) is 5.05. The maximum atomic E-state index is 12.6. The SMILES string of the molecule is CSc1ccccc1NC(=O)CCN1CCCC(C(=O)Nc2cccc(C)n2)C1. The number of hydrogen-bond donors (Lipinski definition) is 2. The highest BCUT2D eigenvalue weighted by Gasteiger charge is 2.26. The van der Waals surface area contributed by atoms with Crippen LogP contribution in [0.1, 0.15) is 25.0 Å². The van der Waals surface area contributed by atoms with Gasteiger partial charge in [-0.05, 0) is 56.8 Å². The lowest BCUT2D eigenvalue weighted by Gasteiger charge is -2.31. The third-order valence-corrected chi connectivity index (χ3v) is 5.85. The minimum atomic E-state index is -0.0775. The van der Waals surface area contributed by atoms with Gasteiger partial charge in [0.1, 0.15) is 5.82 Å². The quantitative estimate of drug-likeness (QED) is 0.677. The molecule has 2 amide bonds. The van der Waals surface area contributed by atoms with Gasteiger partial charge in [0.05, 0.1) is 11.6 Å². The molecule has 1 unspecified atom stereocenters. The molecule has 6 nitrogen and oxygen atoms in total. The summed E-state index contributed by atoms with van der Waals surface area (Å²) >= 11 is 1.61. The van der Waals surface area contributed by atoms with Crippen molar-refractivity contribution in [3.63, 3.8) is 0 Å². The maximum absolute atomic E-state index is 12.6. The van der Waals surface area contributed by atoms with Crippen molar-refractivity contribution in [3.8, 4) is 0 Å². The van der Waals surface area contributed by atoms with E-state index in [4.69, 9.17) is 0 Å². The molecule has 1 aromatic carbocycles. The number of anilines is 2. The number of carbonyl (C=O) groups is 2. The largest absolute Gasteiger partial charge is 0.325 e. The Kier molecular flexibility index (Phi) is 7.66. The van der Waals surface area contributed by atoms with Crippen LogP contribution in [0.2, 0.25) is 0 Å². The van der Waals surface area contributed by atoms with Gasteiger partial charge in [0.15, 0.2) is 0 Å². The number of benzene rings is 1. The van der Waals surface area contributed by atoms with Gasteiger partial charge in [0.2, 0.25) is 11.8 Å². The summed E-state index contributed by atoms with van der Waals surface area (Å²) in [5.41, 5.74) is 1.73. The van der Waals surface area contributed by atoms with Crippen LogP contribution in [0.5, 0.6) is 0 Å². The summed E-state index contributed by atoms with van der Waals surface area (Å²) in [4.78, 5) is 32.6. The van der Waals surface area contributed by atoms with E-state index in [0.717, 1.165) is 35.7 Å². The average molecular weight is 413 g/mol. The van der Waals surface area contributed by atoms with Crippen LogP contribution in [0.4, 0.5) is 11.5 Å². The molecule has 0 spiro atoms. The van der Waals surface area contributed by atoms with E-state index in [1.54, 1.807) is 11.8 Å². The zero-order chi connectivity index (χ0) is 20.6. The van der Waals surface area contributed by atoms with Crippen LogP contribution in [0.25, 0.3) is 0 Å². The van der Waals surface area contributed by atoms with Crippen molar-refractivity contribution in [2.75, 3.05) is 36.5 Å². The molecule has 0 saturated carbocycles. The van der Waals surface area contributed by atoms with Crippen molar-refractivity contribution in [3.05, 3.63) is 48.2 Å². The van der Waals surface area contributed by atoms with E-state index in [1.807, 2.05) is 55.6 Å². The van der Waals surface area contributed by atoms with Gasteiger partial charge in [0, 0.05) is 30.1 Å². The lowest BCUT2D eigenvalue weighted by atomic mass is 9.97. The summed E-state index contributed by atoms with van der Waals surface area (Å²) in [6.45, 7) is 4.15. The number of piperidine rings is 1. The van der Waals surface area contributed by atoms with E-state index >= 15 is 0 Å². The molecule has 3 rings (SSSR count). The average Bonchev–Trinajstić information content (AvgIpc) is 2.73. The minimum absolute atomic E-state index is 0.00188. The molecule has 1 saturated heterocycles. The predicted octanol–water partition coefficient (Wildman–Crippen LogP) is 3.79. The summed E-state index contributed by atoms with van der Waals surface area (Å²) in [7, 11) is 0. The fraction of sp³-hybridized carbons (Fsp3) is 0.409. The van der Waals surface area contributed by atoms with E-state index in [-0.39, 0.29) is 17.7 Å². The Morgan fingerprint density at radius 3 is 2.79 bits per heavy atom. The molecule has 7 heteroatoms. The second-order valence-electron chi connectivity index (χ2n) is 7.29. The highest BCUT2D eigenvalue weighted by atomic mass is 32.2. The number of hydrogen-bond acceptors (Lipinski definition) is 5. The number of pyridine rings is 1. The molecule has 1 aromatic heterocycles. The standard InChI is InChI=1S/C22H28N4O2S/c1-16-7-5-11-20(23-16)25-22(28)17-8-6-13-26(15-17)14-12-21(27)24-18-9-3-4-10-19(18)29-2/h3-5,7,9-11,17H,6,8,12-15H2,1-2H3,(H,24,27)(H,23,25,28). The zero-order valence-corrected chi connectivity index (χ0v) is 17.8. The molecule has 0 bridgehead atoms. The van der Waals surface area contributed by atoms with Gasteiger partial charge in [-0.1, -0.05) is 18.2 Å². The second-order valence-corrected chi connectivity index (χ2v) is 8.14. The number of nitrogens with one attached hydrogen (secondary N) is 2. The number of rotatable bonds is 7. The summed E-state index contributed by atoms with van der Waals surface area (Å²) in [6, 6.07) is 13.4. The number of carbonyl (C=O) groups excluding carboxylic acids is 2. The van der Waals surface area contributed by atoms with Crippen LogP contribution in [0.15, 0.2) is 47.4 Å². The van der Waals surface area contributed by atoms with E-state index in [2.05, 4.69) is 20.5 Å². The second kappa shape index (κ2) is 10.4. The highest BCUT2D eigenvalue weighted by molar-refractivity contribution is 7.98. The van der Waals surface area contributed by atoms with Gasteiger partial charge < -0.3 is 15.5 Å². The molecule has 0 aliphatic carbocycles. The first-order valence-corrected chi connectivity index (χ1v) is 11.2. The number of likely N-dealkylation sites (tertiary alicyclic amines) is 1. The molecular formula is C22H28N4O2S. The van der Waals surface area contributed by atoms with Gasteiger partial charge >= 0.3 is 0 Å². The molecule has 2 N–H and O–H groups in total. The third kappa shape index (κ3) is 6.30. The first kappa shape index (κ1) is 21.3. The first-order valence-electron chi connectivity index (χ1n) is 9.95. The Bertz CT molecular complexity index is 858. The lowest BCUT2D eigenvalue weighted by Crippen LogP contribution is -2.41. The molecule has 2 heterocycles. The number of amides is 2. The predicted molar refractivity (Wildman–Crippen MR) is 118 cm³/mol. The molecule has 2 aromatic rings. The monoisotopic (exact) mass is 412 g/mol. The number of para-hydroxylation sites is 1. The van der Waals surface area contributed by atoms with Crippen LogP contribution in [-0.4, -0.2) is 47.6 Å². The van der Waals surface area contributed by atoms with Crippen LogP contribution >= 0.6 is 11.8 Å². The van der Waals surface area contributed by atoms with Crippen molar-refractivity contribution in [2.24, 2.45) is 5.92 Å². The van der Waals surface area contributed by atoms with Crippen molar-refractivity contribution < 1.29 is 9.59 Å². The molecule has 154 valence electrons. The number of aromatic nitrogens is 1. The number of nitrogens with zero attached hydrogens (tertiary/aromatic N) is 2. The molecule has 1 aliphatic heterocycles. The van der Waals surface area contributed by atoms with E-state index in [9.17, 15) is 9.59 Å². The Morgan fingerprint density at radius 1 is 1.17 bits per heavy atom. The van der Waals surface area contributed by atoms with Crippen LogP contribution in [0.3, 0.4) is 0 Å². The van der Waals surface area contributed by atoms with Crippen LogP contribution in [0, 0.1) is 12.8 Å². The summed E-state index contributed by atoms with van der Waals surface area (Å²) in [6.07, 6.45) is 4.23. The fourth-order valence-corrected chi connectivity index (χ4v) is 4.09. The van der Waals surface area contributed by atoms with Crippen molar-refractivity contribution in [2.45, 2.75) is 31.1 Å². The minimum Gasteiger partial charge on any atom is -0.325 e. The van der Waals surface area contributed by atoms with E-state index in [1.165, 1.54) is 0 Å². The molecule has 1 atom stereocenters. The zero-order valence-electron chi connectivity index (χ0n) is 17.0. The van der Waals surface area contributed by atoms with Crippen molar-refractivity contribution in [1.82, 2.24) is 9.88 Å². The maximum Gasteiger partial charge on any atom is 0.229 e. The smallest absolute Gasteiger partial charge is 0.229 e. The molecule has 29 heavy (non-hydrogen) atoms. The Balaban J connectivity index is 1.48. The van der Waals surface area contributed by atoms with Gasteiger partial charge in [-0.25, -0.2) is 4.98 Å². The highest BCUT2D eigenvalue weighted by Crippen LogP contribution is 2.25. The van der Waals surface area contributed by atoms with Crippen LogP contribution < -0.4 is 10.6 Å². The lowest BCUT2D eigenvalue weighted by molar-refractivity contribution is -0.121. The normalized spacial score (nSPS) is 17.0. The van der Waals surface area contributed by atoms with Gasteiger partial charge in [-0.2, -0.15) is 0 Å². The number of aryl methyl sites for hydroxylation is 1. The molecule has 1 aliphatic rings. The molecule has 0 radical (unpaired) electrons. The summed E-state index contributed by atoms with van der Waals surface area (Å²) in [5, 5.41) is 5.92. The summed E-state index contributed by atoms with van der Waals surface area (Å²) < 4.78 is 0. The van der Waals surface area contributed by atoms with E-state index in [0.29, 0.717) is 25.3 Å². The topological polar surface area (TPSA) is 74.3 Å². The molecule has 1 fully saturated rings. The number of thioether (sulfide) groups is 1. The van der Waals surface area contributed by atoms with Gasteiger partial charge in [-0.15, -0.1) is 11.8 Å². The summed E-state index contributed by atoms with van der Waals surface area (Å²) in [5.74, 6) is 0.526. The van der Waals surface area contributed by atoms with Gasteiger partial charge in [0.25, 0.3) is 0 Å². The first-order chi connectivity index (χ1) is 14.0. The Labute approximate surface area is 176 Å². The Hall–Kier alpha value is -2.38. The fourth-order valence-electron chi connectivity index (χ4n) is 3.53. The van der Waals surface area contributed by atoms with Crippen molar-refractivity contribution >= 4 is 35.1 Å².